The van der Waals surface area contributed by atoms with Crippen LogP contribution < -0.4 is 5.32 Å². The molecule has 0 aromatic rings. The van der Waals surface area contributed by atoms with Gasteiger partial charge in [0.2, 0.25) is 0 Å². The van der Waals surface area contributed by atoms with Crippen LogP contribution in [0, 0.1) is 11.8 Å². The molecule has 0 bridgehead atoms. The van der Waals surface area contributed by atoms with Gasteiger partial charge in [0.1, 0.15) is 0 Å². The van der Waals surface area contributed by atoms with Crippen LogP contribution in [-0.4, -0.2) is 12.1 Å². The molecule has 0 saturated carbocycles. The van der Waals surface area contributed by atoms with Crippen LogP contribution in [-0.2, 0) is 0 Å². The Kier molecular flexibility index (Phi) is 8.13. The highest BCUT2D eigenvalue weighted by Crippen LogP contribution is 2.12. The van der Waals surface area contributed by atoms with Gasteiger partial charge in [0, 0.05) is 12.1 Å². The van der Waals surface area contributed by atoms with Crippen molar-refractivity contribution in [3.8, 4) is 0 Å². The van der Waals surface area contributed by atoms with E-state index in [1.165, 1.54) is 25.7 Å². The molecule has 0 rings (SSSR count). The maximum absolute atomic E-state index is 3.70. The minimum atomic E-state index is 0.669. The van der Waals surface area contributed by atoms with Crippen LogP contribution in [0.2, 0.25) is 0 Å². The second kappa shape index (κ2) is 8.15. The molecule has 1 N–H and O–H groups in total. The highest BCUT2D eigenvalue weighted by atomic mass is 14.9. The lowest BCUT2D eigenvalue weighted by Crippen LogP contribution is -2.35. The summed E-state index contributed by atoms with van der Waals surface area (Å²) in [5.74, 6) is 1.68. The molecule has 0 aliphatic rings. The van der Waals surface area contributed by atoms with Gasteiger partial charge in [-0.3, -0.25) is 0 Å². The topological polar surface area (TPSA) is 12.0 Å². The lowest BCUT2D eigenvalue weighted by molar-refractivity contribution is 0.360. The van der Waals surface area contributed by atoms with Gasteiger partial charge in [-0.25, -0.2) is 0 Å². The number of nitrogens with one attached hydrogen (secondary N) is 1. The van der Waals surface area contributed by atoms with Crippen LogP contribution in [0.15, 0.2) is 0 Å². The molecule has 1 nitrogen and oxygen atoms in total. The van der Waals surface area contributed by atoms with Crippen molar-refractivity contribution in [3.63, 3.8) is 0 Å². The molecule has 3 unspecified atom stereocenters. The molecule has 0 heterocycles. The summed E-state index contributed by atoms with van der Waals surface area (Å²) < 4.78 is 0. The SMILES string of the molecule is CCC(C)CC(C)NC(C)CCC(C)C. The smallest absolute Gasteiger partial charge is 0.00437 e. The molecule has 0 aromatic carbocycles. The van der Waals surface area contributed by atoms with Gasteiger partial charge < -0.3 is 5.32 Å². The molecule has 0 fully saturated rings. The van der Waals surface area contributed by atoms with Crippen LogP contribution in [0.1, 0.15) is 67.2 Å². The van der Waals surface area contributed by atoms with Crippen molar-refractivity contribution in [2.45, 2.75) is 79.3 Å². The monoisotopic (exact) mass is 213 g/mol. The Balaban J connectivity index is 3.61. The van der Waals surface area contributed by atoms with Crippen LogP contribution in [0.25, 0.3) is 0 Å². The van der Waals surface area contributed by atoms with Crippen molar-refractivity contribution in [2.75, 3.05) is 0 Å². The van der Waals surface area contributed by atoms with Crippen molar-refractivity contribution in [3.05, 3.63) is 0 Å². The van der Waals surface area contributed by atoms with Gasteiger partial charge in [0.05, 0.1) is 0 Å². The fraction of sp³-hybridized carbons (Fsp3) is 1.00. The molecule has 3 atom stereocenters. The average Bonchev–Trinajstić information content (AvgIpc) is 2.14. The summed E-state index contributed by atoms with van der Waals surface area (Å²) in [6.07, 6.45) is 5.25. The maximum Gasteiger partial charge on any atom is 0.00437 e. The third-order valence-corrected chi connectivity index (χ3v) is 3.20. The lowest BCUT2D eigenvalue weighted by Gasteiger charge is -2.22. The van der Waals surface area contributed by atoms with E-state index < -0.39 is 0 Å². The highest BCUT2D eigenvalue weighted by molar-refractivity contribution is 4.70. The number of rotatable bonds is 8. The minimum Gasteiger partial charge on any atom is -0.312 e. The molecule has 92 valence electrons. The molecule has 0 saturated heterocycles. The van der Waals surface area contributed by atoms with Gasteiger partial charge in [-0.1, -0.05) is 34.1 Å². The Bertz CT molecular complexity index is 142. The molecule has 15 heavy (non-hydrogen) atoms. The van der Waals surface area contributed by atoms with E-state index in [-0.39, 0.29) is 0 Å². The van der Waals surface area contributed by atoms with Gasteiger partial charge in [-0.2, -0.15) is 0 Å². The molecule has 1 heteroatoms. The Morgan fingerprint density at radius 1 is 0.867 bits per heavy atom. The molecular weight excluding hydrogens is 182 g/mol. The molecule has 0 aromatic heterocycles. The standard InChI is InChI=1S/C14H31N/c1-7-12(4)10-14(6)15-13(5)9-8-11(2)3/h11-15H,7-10H2,1-6H3. The van der Waals surface area contributed by atoms with Crippen molar-refractivity contribution in [2.24, 2.45) is 11.8 Å². The Morgan fingerprint density at radius 2 is 1.47 bits per heavy atom. The van der Waals surface area contributed by atoms with E-state index in [4.69, 9.17) is 0 Å². The third-order valence-electron chi connectivity index (χ3n) is 3.20. The first-order valence-corrected chi connectivity index (χ1v) is 6.71. The summed E-state index contributed by atoms with van der Waals surface area (Å²) in [6.45, 7) is 13.9. The first-order valence-electron chi connectivity index (χ1n) is 6.71. The van der Waals surface area contributed by atoms with E-state index >= 15 is 0 Å². The van der Waals surface area contributed by atoms with Crippen LogP contribution in [0.5, 0.6) is 0 Å². The summed E-state index contributed by atoms with van der Waals surface area (Å²) in [7, 11) is 0. The zero-order valence-corrected chi connectivity index (χ0v) is 11.6. The largest absolute Gasteiger partial charge is 0.312 e. The zero-order valence-electron chi connectivity index (χ0n) is 11.6. The van der Waals surface area contributed by atoms with Gasteiger partial charge >= 0.3 is 0 Å². The first-order chi connectivity index (χ1) is 6.95. The van der Waals surface area contributed by atoms with Gasteiger partial charge in [0.15, 0.2) is 0 Å². The quantitative estimate of drug-likeness (QED) is 0.636. The van der Waals surface area contributed by atoms with E-state index in [2.05, 4.69) is 46.9 Å². The molecule has 0 radical (unpaired) electrons. The fourth-order valence-electron chi connectivity index (χ4n) is 1.99. The predicted octanol–water partition coefficient (Wildman–Crippen LogP) is 4.23. The van der Waals surface area contributed by atoms with Crippen LogP contribution in [0.3, 0.4) is 0 Å². The third kappa shape index (κ3) is 8.92. The lowest BCUT2D eigenvalue weighted by atomic mass is 9.98. The number of hydrogen-bond acceptors (Lipinski definition) is 1. The normalized spacial score (nSPS) is 17.8. The zero-order chi connectivity index (χ0) is 11.8. The van der Waals surface area contributed by atoms with E-state index in [9.17, 15) is 0 Å². The molecule has 0 amide bonds. The van der Waals surface area contributed by atoms with Crippen molar-refractivity contribution in [1.82, 2.24) is 5.32 Å². The summed E-state index contributed by atoms with van der Waals surface area (Å²) in [5, 5.41) is 3.70. The summed E-state index contributed by atoms with van der Waals surface area (Å²) in [5.41, 5.74) is 0. The Morgan fingerprint density at radius 3 is 1.93 bits per heavy atom. The highest BCUT2D eigenvalue weighted by Gasteiger charge is 2.10. The summed E-state index contributed by atoms with van der Waals surface area (Å²) in [4.78, 5) is 0. The van der Waals surface area contributed by atoms with Gasteiger partial charge in [-0.05, 0) is 44.9 Å². The van der Waals surface area contributed by atoms with E-state index in [0.29, 0.717) is 12.1 Å². The van der Waals surface area contributed by atoms with E-state index in [1.807, 2.05) is 0 Å². The fourth-order valence-corrected chi connectivity index (χ4v) is 1.99. The second-order valence-corrected chi connectivity index (χ2v) is 5.69. The average molecular weight is 213 g/mol. The van der Waals surface area contributed by atoms with Crippen LogP contribution in [0.4, 0.5) is 0 Å². The number of hydrogen-bond donors (Lipinski definition) is 1. The maximum atomic E-state index is 3.70. The first kappa shape index (κ1) is 15.0. The molecule has 0 aliphatic carbocycles. The van der Waals surface area contributed by atoms with Crippen molar-refractivity contribution in [1.29, 1.82) is 0 Å². The summed E-state index contributed by atoms with van der Waals surface area (Å²) in [6, 6.07) is 1.34. The van der Waals surface area contributed by atoms with Gasteiger partial charge in [0.25, 0.3) is 0 Å². The second-order valence-electron chi connectivity index (χ2n) is 5.69. The van der Waals surface area contributed by atoms with Crippen molar-refractivity contribution < 1.29 is 0 Å². The van der Waals surface area contributed by atoms with Crippen molar-refractivity contribution >= 4 is 0 Å². The molecular formula is C14H31N. The predicted molar refractivity (Wildman–Crippen MR) is 70.2 cm³/mol. The van der Waals surface area contributed by atoms with Crippen LogP contribution >= 0.6 is 0 Å². The summed E-state index contributed by atoms with van der Waals surface area (Å²) >= 11 is 0. The van der Waals surface area contributed by atoms with E-state index in [0.717, 1.165) is 11.8 Å². The molecule has 0 aliphatic heterocycles. The Labute approximate surface area is 97.0 Å². The molecule has 0 spiro atoms. The van der Waals surface area contributed by atoms with E-state index in [1.54, 1.807) is 0 Å². The Hall–Kier alpha value is -0.0400. The minimum absolute atomic E-state index is 0.669. The van der Waals surface area contributed by atoms with Gasteiger partial charge in [-0.15, -0.1) is 0 Å².